The van der Waals surface area contributed by atoms with Gasteiger partial charge in [-0.15, -0.1) is 0 Å². The summed E-state index contributed by atoms with van der Waals surface area (Å²) < 4.78 is 42.6. The molecule has 21 heavy (non-hydrogen) atoms. The Labute approximate surface area is 121 Å². The molecule has 118 valence electrons. The van der Waals surface area contributed by atoms with Crippen molar-refractivity contribution < 1.29 is 32.9 Å². The maximum atomic E-state index is 14.2. The lowest BCUT2D eigenvalue weighted by molar-refractivity contribution is -0.212. The highest BCUT2D eigenvalue weighted by molar-refractivity contribution is 5.80. The lowest BCUT2D eigenvalue weighted by Crippen LogP contribution is -2.49. The zero-order valence-corrected chi connectivity index (χ0v) is 12.3. The summed E-state index contributed by atoms with van der Waals surface area (Å²) in [5.41, 5.74) is -3.04. The molecule has 0 heterocycles. The molecular formula is C14H18F2O5. The fraction of sp³-hybridized carbons (Fsp3) is 0.500. The molecule has 7 heteroatoms. The predicted molar refractivity (Wildman–Crippen MR) is 70.7 cm³/mol. The van der Waals surface area contributed by atoms with Crippen LogP contribution in [0.4, 0.5) is 8.78 Å². The van der Waals surface area contributed by atoms with Crippen molar-refractivity contribution in [1.29, 1.82) is 0 Å². The van der Waals surface area contributed by atoms with Crippen molar-refractivity contribution in [1.82, 2.24) is 0 Å². The third kappa shape index (κ3) is 3.07. The second-order valence-electron chi connectivity index (χ2n) is 4.43. The minimum absolute atomic E-state index is 0.0247. The van der Waals surface area contributed by atoms with Crippen molar-refractivity contribution in [3.05, 3.63) is 23.8 Å². The van der Waals surface area contributed by atoms with Crippen molar-refractivity contribution in [2.45, 2.75) is 25.4 Å². The molecule has 0 aromatic heterocycles. The minimum Gasteiger partial charge on any atom is -0.497 e. The fourth-order valence-electron chi connectivity index (χ4n) is 1.79. The topological polar surface area (TPSA) is 65.0 Å². The van der Waals surface area contributed by atoms with Crippen LogP contribution in [0.2, 0.25) is 0 Å². The number of esters is 1. The Bertz CT molecular complexity index is 514. The van der Waals surface area contributed by atoms with E-state index in [2.05, 4.69) is 4.74 Å². The monoisotopic (exact) mass is 304 g/mol. The molecule has 0 spiro atoms. The van der Waals surface area contributed by atoms with E-state index in [1.54, 1.807) is 0 Å². The molecule has 1 N–H and O–H groups in total. The van der Waals surface area contributed by atoms with E-state index >= 15 is 0 Å². The summed E-state index contributed by atoms with van der Waals surface area (Å²) in [5, 5.41) is 10.2. The Morgan fingerprint density at radius 3 is 2.38 bits per heavy atom. The lowest BCUT2D eigenvalue weighted by Gasteiger charge is -2.32. The van der Waals surface area contributed by atoms with Gasteiger partial charge in [0, 0.05) is 11.6 Å². The summed E-state index contributed by atoms with van der Waals surface area (Å²) in [6, 6.07) is 3.93. The number of hydrogen-bond donors (Lipinski definition) is 1. The van der Waals surface area contributed by atoms with Crippen LogP contribution in [0.25, 0.3) is 0 Å². The second-order valence-corrected chi connectivity index (χ2v) is 4.43. The Morgan fingerprint density at radius 1 is 1.29 bits per heavy atom. The molecule has 1 aromatic rings. The molecule has 0 radical (unpaired) electrons. The van der Waals surface area contributed by atoms with Gasteiger partial charge in [0.05, 0.1) is 20.8 Å². The number of alkyl halides is 2. The predicted octanol–water partition coefficient (Wildman–Crippen LogP) is 2.11. The largest absolute Gasteiger partial charge is 0.497 e. The molecule has 5 nitrogen and oxygen atoms in total. The number of carbonyl (C=O) groups excluding carboxylic acids is 1. The number of rotatable bonds is 6. The maximum absolute atomic E-state index is 14.2. The van der Waals surface area contributed by atoms with Crippen LogP contribution in [0.3, 0.4) is 0 Å². The van der Waals surface area contributed by atoms with Gasteiger partial charge in [0.15, 0.2) is 5.60 Å². The van der Waals surface area contributed by atoms with Gasteiger partial charge >= 0.3 is 11.9 Å². The van der Waals surface area contributed by atoms with E-state index in [1.807, 2.05) is 0 Å². The highest BCUT2D eigenvalue weighted by Gasteiger charge is 2.58. The molecule has 1 atom stereocenters. The van der Waals surface area contributed by atoms with E-state index in [9.17, 15) is 18.7 Å². The standard InChI is InChI=1S/C14H18F2O5/c1-5-21-12(17)14(15,16)13(2,18)10-7-6-9(19-3)8-11(10)20-4/h6-8,18H,5H2,1-4H3. The first-order valence-corrected chi connectivity index (χ1v) is 6.22. The third-order valence-corrected chi connectivity index (χ3v) is 3.08. The zero-order valence-electron chi connectivity index (χ0n) is 12.3. The van der Waals surface area contributed by atoms with Crippen LogP contribution < -0.4 is 9.47 Å². The summed E-state index contributed by atoms with van der Waals surface area (Å²) in [6.45, 7) is 2.01. The van der Waals surface area contributed by atoms with Gasteiger partial charge in [0.2, 0.25) is 0 Å². The van der Waals surface area contributed by atoms with E-state index < -0.39 is 17.5 Å². The number of aliphatic hydroxyl groups is 1. The van der Waals surface area contributed by atoms with E-state index in [0.29, 0.717) is 5.75 Å². The van der Waals surface area contributed by atoms with E-state index in [0.717, 1.165) is 6.92 Å². The number of ether oxygens (including phenoxy) is 3. The van der Waals surface area contributed by atoms with Gasteiger partial charge in [-0.2, -0.15) is 8.78 Å². The normalized spacial score (nSPS) is 14.2. The quantitative estimate of drug-likeness (QED) is 0.815. The number of methoxy groups -OCH3 is 2. The van der Waals surface area contributed by atoms with Gasteiger partial charge in [0.1, 0.15) is 11.5 Å². The first kappa shape index (κ1) is 17.2. The van der Waals surface area contributed by atoms with Gasteiger partial charge in [-0.3, -0.25) is 0 Å². The van der Waals surface area contributed by atoms with Crippen molar-refractivity contribution in [2.75, 3.05) is 20.8 Å². The first-order chi connectivity index (χ1) is 9.72. The molecule has 0 fully saturated rings. The molecule has 1 rings (SSSR count). The van der Waals surface area contributed by atoms with Crippen LogP contribution in [-0.2, 0) is 15.1 Å². The fourth-order valence-corrected chi connectivity index (χ4v) is 1.79. The molecule has 0 saturated heterocycles. The molecule has 0 bridgehead atoms. The SMILES string of the molecule is CCOC(=O)C(F)(F)C(C)(O)c1ccc(OC)cc1OC. The van der Waals surface area contributed by atoms with Gasteiger partial charge < -0.3 is 19.3 Å². The number of halogens is 2. The van der Waals surface area contributed by atoms with Crippen LogP contribution in [0.15, 0.2) is 18.2 Å². The molecule has 1 aromatic carbocycles. The van der Waals surface area contributed by atoms with Gasteiger partial charge in [-0.25, -0.2) is 4.79 Å². The molecule has 0 aliphatic heterocycles. The zero-order chi connectivity index (χ0) is 16.3. The smallest absolute Gasteiger partial charge is 0.380 e. The van der Waals surface area contributed by atoms with E-state index in [4.69, 9.17) is 9.47 Å². The van der Waals surface area contributed by atoms with E-state index in [-0.39, 0.29) is 17.9 Å². The number of carbonyl (C=O) groups is 1. The van der Waals surface area contributed by atoms with Crippen LogP contribution in [0.5, 0.6) is 11.5 Å². The minimum atomic E-state index is -4.13. The summed E-state index contributed by atoms with van der Waals surface area (Å²) in [7, 11) is 2.66. The first-order valence-electron chi connectivity index (χ1n) is 6.22. The maximum Gasteiger partial charge on any atom is 0.380 e. The highest BCUT2D eigenvalue weighted by Crippen LogP contribution is 2.43. The molecular weight excluding hydrogens is 286 g/mol. The Hall–Kier alpha value is -1.89. The van der Waals surface area contributed by atoms with E-state index in [1.165, 1.54) is 39.3 Å². The average molecular weight is 304 g/mol. The molecule has 0 aliphatic carbocycles. The summed E-state index contributed by atoms with van der Waals surface area (Å²) in [6.07, 6.45) is 0. The van der Waals surface area contributed by atoms with Crippen LogP contribution in [-0.4, -0.2) is 37.8 Å². The average Bonchev–Trinajstić information content (AvgIpc) is 2.46. The number of benzene rings is 1. The lowest BCUT2D eigenvalue weighted by atomic mass is 9.88. The van der Waals surface area contributed by atoms with Crippen molar-refractivity contribution >= 4 is 5.97 Å². The molecule has 0 amide bonds. The molecule has 0 aliphatic rings. The highest BCUT2D eigenvalue weighted by atomic mass is 19.3. The molecule has 1 unspecified atom stereocenters. The van der Waals surface area contributed by atoms with Crippen molar-refractivity contribution in [3.8, 4) is 11.5 Å². The summed E-state index contributed by atoms with van der Waals surface area (Å²) in [4.78, 5) is 11.4. The Kier molecular flexibility index (Phi) is 5.11. The van der Waals surface area contributed by atoms with Crippen LogP contribution >= 0.6 is 0 Å². The van der Waals surface area contributed by atoms with Gasteiger partial charge in [0.25, 0.3) is 0 Å². The number of hydrogen-bond acceptors (Lipinski definition) is 5. The third-order valence-electron chi connectivity index (χ3n) is 3.08. The van der Waals surface area contributed by atoms with Crippen LogP contribution in [0, 0.1) is 0 Å². The van der Waals surface area contributed by atoms with Gasteiger partial charge in [-0.05, 0) is 26.0 Å². The second kappa shape index (κ2) is 6.26. The van der Waals surface area contributed by atoms with Crippen LogP contribution in [0.1, 0.15) is 19.4 Å². The Morgan fingerprint density at radius 2 is 1.90 bits per heavy atom. The van der Waals surface area contributed by atoms with Crippen molar-refractivity contribution in [2.24, 2.45) is 0 Å². The molecule has 0 saturated carbocycles. The van der Waals surface area contributed by atoms with Gasteiger partial charge in [-0.1, -0.05) is 0 Å². The summed E-state index contributed by atoms with van der Waals surface area (Å²) >= 11 is 0. The summed E-state index contributed by atoms with van der Waals surface area (Å²) in [5.74, 6) is -5.59. The van der Waals surface area contributed by atoms with Crippen molar-refractivity contribution in [3.63, 3.8) is 0 Å². The Balaban J connectivity index is 3.32.